The van der Waals surface area contributed by atoms with Gasteiger partial charge in [0.05, 0.1) is 12.8 Å². The molecule has 6 heteroatoms. The van der Waals surface area contributed by atoms with Crippen LogP contribution in [0.4, 0.5) is 0 Å². The Bertz CT molecular complexity index is 191. The summed E-state index contributed by atoms with van der Waals surface area (Å²) < 4.78 is 9.20. The summed E-state index contributed by atoms with van der Waals surface area (Å²) >= 11 is 6.35. The summed E-state index contributed by atoms with van der Waals surface area (Å²) in [5.41, 5.74) is 0. The molecule has 0 bridgehead atoms. The van der Waals surface area contributed by atoms with Crippen molar-refractivity contribution in [2.75, 3.05) is 10.7 Å². The minimum absolute atomic E-state index is 0.0792. The number of alkyl halides is 2. The first kappa shape index (κ1) is 12.0. The standard InChI is InChI=1S/2C4H5BrO2/c2*5-2-3-1-4(6)7-3/h2*3H,1-2H2. The van der Waals surface area contributed by atoms with Crippen LogP contribution in [-0.4, -0.2) is 34.8 Å². The van der Waals surface area contributed by atoms with E-state index in [9.17, 15) is 9.59 Å². The Morgan fingerprint density at radius 3 is 1.36 bits per heavy atom. The number of cyclic esters (lactones) is 2. The summed E-state index contributed by atoms with van der Waals surface area (Å²) in [6, 6.07) is 0. The van der Waals surface area contributed by atoms with Crippen molar-refractivity contribution in [2.45, 2.75) is 25.0 Å². The third-order valence-corrected chi connectivity index (χ3v) is 3.17. The lowest BCUT2D eigenvalue weighted by Crippen LogP contribution is -2.33. The zero-order chi connectivity index (χ0) is 10.6. The van der Waals surface area contributed by atoms with Gasteiger partial charge >= 0.3 is 11.9 Å². The van der Waals surface area contributed by atoms with Crippen molar-refractivity contribution in [3.63, 3.8) is 0 Å². The molecule has 0 N–H and O–H groups in total. The zero-order valence-corrected chi connectivity index (χ0v) is 10.5. The summed E-state index contributed by atoms with van der Waals surface area (Å²) in [5, 5.41) is 1.55. The number of hydrogen-bond donors (Lipinski definition) is 0. The van der Waals surface area contributed by atoms with Crippen LogP contribution in [0, 0.1) is 0 Å². The van der Waals surface area contributed by atoms with Crippen LogP contribution in [0.15, 0.2) is 0 Å². The number of rotatable bonds is 2. The highest BCUT2D eigenvalue weighted by Gasteiger charge is 2.26. The quantitative estimate of drug-likeness (QED) is 0.567. The van der Waals surface area contributed by atoms with Gasteiger partial charge in [-0.15, -0.1) is 0 Å². The van der Waals surface area contributed by atoms with Gasteiger partial charge in [0.1, 0.15) is 12.2 Å². The minimum atomic E-state index is -0.0792. The Morgan fingerprint density at radius 1 is 1.00 bits per heavy atom. The second kappa shape index (κ2) is 5.70. The second-order valence-electron chi connectivity index (χ2n) is 2.94. The van der Waals surface area contributed by atoms with Crippen LogP contribution < -0.4 is 0 Å². The Labute approximate surface area is 98.6 Å². The largest absolute Gasteiger partial charge is 0.461 e. The fraction of sp³-hybridized carbons (Fsp3) is 0.750. The smallest absolute Gasteiger partial charge is 0.309 e. The van der Waals surface area contributed by atoms with Crippen molar-refractivity contribution in [1.29, 1.82) is 0 Å². The Kier molecular flexibility index (Phi) is 4.88. The maximum absolute atomic E-state index is 10.0. The van der Waals surface area contributed by atoms with E-state index in [0.717, 1.165) is 10.7 Å². The van der Waals surface area contributed by atoms with E-state index in [1.165, 1.54) is 0 Å². The van der Waals surface area contributed by atoms with Crippen LogP contribution in [-0.2, 0) is 19.1 Å². The highest BCUT2D eigenvalue weighted by atomic mass is 79.9. The normalized spacial score (nSPS) is 28.7. The minimum Gasteiger partial charge on any atom is -0.461 e. The molecule has 2 atom stereocenters. The molecule has 4 nitrogen and oxygen atoms in total. The van der Waals surface area contributed by atoms with Crippen molar-refractivity contribution >= 4 is 43.8 Å². The molecular weight excluding hydrogens is 320 g/mol. The van der Waals surface area contributed by atoms with Crippen molar-refractivity contribution < 1.29 is 19.1 Å². The first-order chi connectivity index (χ1) is 6.65. The Hall–Kier alpha value is -0.100. The summed E-state index contributed by atoms with van der Waals surface area (Å²) in [6.07, 6.45) is 1.50. The molecule has 2 aliphatic rings. The molecular formula is C8H10Br2O4. The van der Waals surface area contributed by atoms with Crippen LogP contribution in [0.1, 0.15) is 12.8 Å². The highest BCUT2D eigenvalue weighted by Crippen LogP contribution is 2.14. The second-order valence-corrected chi connectivity index (χ2v) is 4.24. The van der Waals surface area contributed by atoms with Crippen LogP contribution in [0.25, 0.3) is 0 Å². The topological polar surface area (TPSA) is 52.6 Å². The van der Waals surface area contributed by atoms with Gasteiger partial charge < -0.3 is 9.47 Å². The molecule has 0 amide bonds. The number of ether oxygens (including phenoxy) is 2. The van der Waals surface area contributed by atoms with Gasteiger partial charge in [-0.25, -0.2) is 0 Å². The van der Waals surface area contributed by atoms with Gasteiger partial charge in [-0.1, -0.05) is 31.9 Å². The Morgan fingerprint density at radius 2 is 1.29 bits per heavy atom. The molecule has 2 heterocycles. The molecule has 0 aromatic heterocycles. The van der Waals surface area contributed by atoms with Crippen molar-refractivity contribution in [3.8, 4) is 0 Å². The molecule has 2 saturated heterocycles. The molecule has 0 saturated carbocycles. The molecule has 0 aromatic carbocycles. The van der Waals surface area contributed by atoms with Gasteiger partial charge in [0.2, 0.25) is 0 Å². The molecule has 0 spiro atoms. The number of hydrogen-bond acceptors (Lipinski definition) is 4. The fourth-order valence-corrected chi connectivity index (χ4v) is 1.62. The average molecular weight is 330 g/mol. The fourth-order valence-electron chi connectivity index (χ4n) is 0.896. The van der Waals surface area contributed by atoms with Crippen molar-refractivity contribution in [2.24, 2.45) is 0 Å². The lowest BCUT2D eigenvalue weighted by molar-refractivity contribution is -0.167. The molecule has 2 rings (SSSR count). The van der Waals surface area contributed by atoms with Crippen LogP contribution in [0.3, 0.4) is 0 Å². The van der Waals surface area contributed by atoms with E-state index in [1.54, 1.807) is 0 Å². The molecule has 0 radical (unpaired) electrons. The summed E-state index contributed by atoms with van der Waals surface area (Å²) in [6.45, 7) is 0. The lowest BCUT2D eigenvalue weighted by Gasteiger charge is -2.22. The SMILES string of the molecule is O=C1CC(CBr)O1.O=C1CC(CBr)O1. The summed E-state index contributed by atoms with van der Waals surface area (Å²) in [4.78, 5) is 20.1. The van der Waals surface area contributed by atoms with Gasteiger partial charge in [-0.2, -0.15) is 0 Å². The summed E-state index contributed by atoms with van der Waals surface area (Å²) in [5.74, 6) is -0.158. The van der Waals surface area contributed by atoms with Gasteiger partial charge in [0.25, 0.3) is 0 Å². The van der Waals surface area contributed by atoms with E-state index >= 15 is 0 Å². The third kappa shape index (κ3) is 3.57. The monoisotopic (exact) mass is 328 g/mol. The number of halogens is 2. The van der Waals surface area contributed by atoms with E-state index in [0.29, 0.717) is 12.8 Å². The maximum atomic E-state index is 10.0. The van der Waals surface area contributed by atoms with Gasteiger partial charge in [0.15, 0.2) is 0 Å². The van der Waals surface area contributed by atoms with Crippen molar-refractivity contribution in [3.05, 3.63) is 0 Å². The molecule has 80 valence electrons. The lowest BCUT2D eigenvalue weighted by atomic mass is 10.2. The highest BCUT2D eigenvalue weighted by molar-refractivity contribution is 9.09. The van der Waals surface area contributed by atoms with Gasteiger partial charge in [-0.3, -0.25) is 9.59 Å². The molecule has 14 heavy (non-hydrogen) atoms. The molecule has 2 unspecified atom stereocenters. The van der Waals surface area contributed by atoms with E-state index < -0.39 is 0 Å². The molecule has 0 aliphatic carbocycles. The first-order valence-corrected chi connectivity index (χ1v) is 6.41. The predicted molar refractivity (Wildman–Crippen MR) is 56.6 cm³/mol. The molecule has 2 fully saturated rings. The third-order valence-electron chi connectivity index (χ3n) is 1.73. The van der Waals surface area contributed by atoms with E-state index in [4.69, 9.17) is 0 Å². The molecule has 2 aliphatic heterocycles. The predicted octanol–water partition coefficient (Wildman–Crippen LogP) is 1.39. The van der Waals surface area contributed by atoms with Crippen LogP contribution >= 0.6 is 31.9 Å². The number of esters is 2. The van der Waals surface area contributed by atoms with E-state index in [-0.39, 0.29) is 24.1 Å². The zero-order valence-electron chi connectivity index (χ0n) is 7.37. The van der Waals surface area contributed by atoms with Crippen LogP contribution in [0.2, 0.25) is 0 Å². The average Bonchev–Trinajstić information content (AvgIpc) is 2.08. The van der Waals surface area contributed by atoms with Gasteiger partial charge in [0, 0.05) is 10.7 Å². The number of carbonyl (C=O) groups is 2. The first-order valence-electron chi connectivity index (χ1n) is 4.16. The van der Waals surface area contributed by atoms with Gasteiger partial charge in [-0.05, 0) is 0 Å². The summed E-state index contributed by atoms with van der Waals surface area (Å²) in [7, 11) is 0. The maximum Gasteiger partial charge on any atom is 0.309 e. The van der Waals surface area contributed by atoms with E-state index in [2.05, 4.69) is 41.3 Å². The Balaban J connectivity index is 0.000000140. The van der Waals surface area contributed by atoms with Crippen LogP contribution in [0.5, 0.6) is 0 Å². The van der Waals surface area contributed by atoms with Crippen molar-refractivity contribution in [1.82, 2.24) is 0 Å². The molecule has 0 aromatic rings. The van der Waals surface area contributed by atoms with E-state index in [1.807, 2.05) is 0 Å². The number of carbonyl (C=O) groups excluding carboxylic acids is 2.